The molecule has 0 bridgehead atoms. The summed E-state index contributed by atoms with van der Waals surface area (Å²) in [6.45, 7) is 6.62. The molecule has 0 saturated carbocycles. The van der Waals surface area contributed by atoms with Gasteiger partial charge < -0.3 is 14.2 Å². The van der Waals surface area contributed by atoms with Gasteiger partial charge in [0, 0.05) is 19.3 Å². The maximum atomic E-state index is 12.8. The maximum absolute atomic E-state index is 12.8. The normalized spacial score (nSPS) is 12.3. The van der Waals surface area contributed by atoms with Crippen LogP contribution < -0.4 is 0 Å². The number of hydrogen-bond donors (Lipinski definition) is 0. The Morgan fingerprint density at radius 3 is 0.818 bits per heavy atom. The van der Waals surface area contributed by atoms with E-state index >= 15 is 0 Å². The van der Waals surface area contributed by atoms with Gasteiger partial charge in [0.05, 0.1) is 0 Å². The summed E-state index contributed by atoms with van der Waals surface area (Å²) in [6, 6.07) is 0. The van der Waals surface area contributed by atoms with Gasteiger partial charge in [0.25, 0.3) is 0 Å². The van der Waals surface area contributed by atoms with E-state index in [0.29, 0.717) is 19.3 Å². The molecule has 0 amide bonds. The topological polar surface area (TPSA) is 78.9 Å². The fourth-order valence-electron chi connectivity index (χ4n) is 8.25. The van der Waals surface area contributed by atoms with E-state index in [1.807, 2.05) is 0 Å². The van der Waals surface area contributed by atoms with Gasteiger partial charge in [-0.15, -0.1) is 0 Å². The number of allylic oxidation sites excluding steroid dienone is 8. The molecular weight excluding hydrogens is 817 g/mol. The SMILES string of the molecule is CCCCCCCCC/C=C\C=C/CCCCCCCC(=O)OCC(COC(=O)CCCCCCCCCCCCCCCC)OC(=O)CCCCC/C=C\C=C/CCCCCCCCC. The molecule has 0 aromatic rings. The second-order valence-corrected chi connectivity index (χ2v) is 19.3. The molecule has 1 atom stereocenters. The Morgan fingerprint density at radius 2 is 0.530 bits per heavy atom. The fourth-order valence-corrected chi connectivity index (χ4v) is 8.25. The Hall–Kier alpha value is -2.63. The molecule has 66 heavy (non-hydrogen) atoms. The minimum absolute atomic E-state index is 0.0862. The first-order chi connectivity index (χ1) is 32.5. The van der Waals surface area contributed by atoms with Crippen molar-refractivity contribution < 1.29 is 28.6 Å². The zero-order valence-electron chi connectivity index (χ0n) is 44.0. The highest BCUT2D eigenvalue weighted by molar-refractivity contribution is 5.71. The Kier molecular flexibility index (Phi) is 52.8. The van der Waals surface area contributed by atoms with Gasteiger partial charge in [-0.25, -0.2) is 0 Å². The van der Waals surface area contributed by atoms with Gasteiger partial charge in [0.15, 0.2) is 6.10 Å². The standard InChI is InChI=1S/C60H108O6/c1-4-7-10-13-16-19-22-25-28-30-31-33-35-38-41-44-47-50-53-59(62)65-56-57(55-64-58(61)52-49-46-43-40-37-34-27-24-21-18-15-12-9-6-3)66-60(63)54-51-48-45-42-39-36-32-29-26-23-20-17-14-11-8-5-2/h28-33,36,39,57H,4-27,34-35,37-38,40-56H2,1-3H3/b30-28-,32-29-,33-31-,39-36-. The van der Waals surface area contributed by atoms with E-state index in [-0.39, 0.29) is 31.1 Å². The fraction of sp³-hybridized carbons (Fsp3) is 0.817. The van der Waals surface area contributed by atoms with Crippen molar-refractivity contribution in [3.63, 3.8) is 0 Å². The predicted molar refractivity (Wildman–Crippen MR) is 284 cm³/mol. The summed E-state index contributed by atoms with van der Waals surface area (Å²) in [5, 5.41) is 0. The summed E-state index contributed by atoms with van der Waals surface area (Å²) in [7, 11) is 0. The van der Waals surface area contributed by atoms with E-state index in [1.54, 1.807) is 0 Å². The largest absolute Gasteiger partial charge is 0.462 e. The van der Waals surface area contributed by atoms with Crippen molar-refractivity contribution in [2.24, 2.45) is 0 Å². The minimum Gasteiger partial charge on any atom is -0.462 e. The highest BCUT2D eigenvalue weighted by atomic mass is 16.6. The van der Waals surface area contributed by atoms with Crippen molar-refractivity contribution in [2.45, 2.75) is 303 Å². The highest BCUT2D eigenvalue weighted by Crippen LogP contribution is 2.16. The first-order valence-electron chi connectivity index (χ1n) is 28.7. The summed E-state index contributed by atoms with van der Waals surface area (Å²) in [4.78, 5) is 38.1. The van der Waals surface area contributed by atoms with Crippen molar-refractivity contribution >= 4 is 17.9 Å². The van der Waals surface area contributed by atoms with E-state index < -0.39 is 6.10 Å². The molecule has 6 heteroatoms. The molecule has 6 nitrogen and oxygen atoms in total. The van der Waals surface area contributed by atoms with Crippen LogP contribution in [0.3, 0.4) is 0 Å². The summed E-state index contributed by atoms with van der Waals surface area (Å²) < 4.78 is 16.8. The number of carbonyl (C=O) groups excluding carboxylic acids is 3. The lowest BCUT2D eigenvalue weighted by Crippen LogP contribution is -2.30. The van der Waals surface area contributed by atoms with Crippen molar-refractivity contribution in [3.8, 4) is 0 Å². The second-order valence-electron chi connectivity index (χ2n) is 19.3. The number of esters is 3. The van der Waals surface area contributed by atoms with Gasteiger partial charge in [0.2, 0.25) is 0 Å². The van der Waals surface area contributed by atoms with Crippen LogP contribution in [0.2, 0.25) is 0 Å². The molecule has 1 unspecified atom stereocenters. The number of rotatable bonds is 52. The lowest BCUT2D eigenvalue weighted by molar-refractivity contribution is -0.167. The van der Waals surface area contributed by atoms with Crippen LogP contribution in [0, 0.1) is 0 Å². The quantitative estimate of drug-likeness (QED) is 0.0262. The van der Waals surface area contributed by atoms with Crippen molar-refractivity contribution in [3.05, 3.63) is 48.6 Å². The van der Waals surface area contributed by atoms with E-state index in [2.05, 4.69) is 69.4 Å². The maximum Gasteiger partial charge on any atom is 0.306 e. The molecule has 384 valence electrons. The van der Waals surface area contributed by atoms with E-state index in [1.165, 1.54) is 167 Å². The van der Waals surface area contributed by atoms with Gasteiger partial charge in [0.1, 0.15) is 13.2 Å². The summed E-state index contributed by atoms with van der Waals surface area (Å²) >= 11 is 0. The Labute approximate surface area is 409 Å². The van der Waals surface area contributed by atoms with Gasteiger partial charge in [-0.2, -0.15) is 0 Å². The molecule has 0 radical (unpaired) electrons. The van der Waals surface area contributed by atoms with Crippen LogP contribution >= 0.6 is 0 Å². The average Bonchev–Trinajstić information content (AvgIpc) is 3.31. The van der Waals surface area contributed by atoms with Crippen LogP contribution in [0.25, 0.3) is 0 Å². The number of unbranched alkanes of at least 4 members (excludes halogenated alkanes) is 35. The summed E-state index contributed by atoms with van der Waals surface area (Å²) in [6.07, 6.45) is 66.7. The van der Waals surface area contributed by atoms with Gasteiger partial charge in [-0.05, 0) is 70.6 Å². The minimum atomic E-state index is -0.791. The molecule has 0 aromatic carbocycles. The number of hydrogen-bond acceptors (Lipinski definition) is 6. The van der Waals surface area contributed by atoms with Crippen LogP contribution in [-0.2, 0) is 28.6 Å². The highest BCUT2D eigenvalue weighted by Gasteiger charge is 2.19. The van der Waals surface area contributed by atoms with Crippen LogP contribution in [0.4, 0.5) is 0 Å². The first kappa shape index (κ1) is 63.4. The van der Waals surface area contributed by atoms with Crippen molar-refractivity contribution in [1.82, 2.24) is 0 Å². The molecule has 0 fully saturated rings. The predicted octanol–water partition coefficient (Wildman–Crippen LogP) is 19.0. The monoisotopic (exact) mass is 925 g/mol. The molecule has 0 saturated heterocycles. The molecule has 0 spiro atoms. The van der Waals surface area contributed by atoms with Crippen LogP contribution in [0.1, 0.15) is 297 Å². The molecule has 0 aliphatic carbocycles. The number of carbonyl (C=O) groups is 3. The van der Waals surface area contributed by atoms with E-state index in [4.69, 9.17) is 14.2 Å². The Balaban J connectivity index is 4.42. The van der Waals surface area contributed by atoms with E-state index in [9.17, 15) is 14.4 Å². The van der Waals surface area contributed by atoms with Crippen LogP contribution in [-0.4, -0.2) is 37.2 Å². The molecule has 0 heterocycles. The zero-order valence-corrected chi connectivity index (χ0v) is 44.0. The number of ether oxygens (including phenoxy) is 3. The average molecular weight is 926 g/mol. The molecule has 0 aliphatic rings. The smallest absolute Gasteiger partial charge is 0.306 e. The molecule has 0 aliphatic heterocycles. The van der Waals surface area contributed by atoms with E-state index in [0.717, 1.165) is 89.9 Å². The molecular formula is C60H108O6. The van der Waals surface area contributed by atoms with Crippen molar-refractivity contribution in [2.75, 3.05) is 13.2 Å². The Morgan fingerprint density at radius 1 is 0.303 bits per heavy atom. The van der Waals surface area contributed by atoms with Crippen LogP contribution in [0.15, 0.2) is 48.6 Å². The van der Waals surface area contributed by atoms with Crippen LogP contribution in [0.5, 0.6) is 0 Å². The molecule has 0 N–H and O–H groups in total. The third kappa shape index (κ3) is 52.3. The lowest BCUT2D eigenvalue weighted by Gasteiger charge is -2.18. The summed E-state index contributed by atoms with van der Waals surface area (Å²) in [5.41, 5.74) is 0. The zero-order chi connectivity index (χ0) is 47.9. The lowest BCUT2D eigenvalue weighted by atomic mass is 10.0. The van der Waals surface area contributed by atoms with Gasteiger partial charge in [-0.1, -0.05) is 256 Å². The summed E-state index contributed by atoms with van der Waals surface area (Å²) in [5.74, 6) is -0.915. The first-order valence-corrected chi connectivity index (χ1v) is 28.7. The third-order valence-electron chi connectivity index (χ3n) is 12.6. The third-order valence-corrected chi connectivity index (χ3v) is 12.6. The Bertz CT molecular complexity index is 1150. The van der Waals surface area contributed by atoms with Crippen molar-refractivity contribution in [1.29, 1.82) is 0 Å². The molecule has 0 aromatic heterocycles. The second kappa shape index (κ2) is 55.0. The van der Waals surface area contributed by atoms with Gasteiger partial charge in [-0.3, -0.25) is 14.4 Å². The molecule has 0 rings (SSSR count). The van der Waals surface area contributed by atoms with Gasteiger partial charge >= 0.3 is 17.9 Å².